The molecular weight excluding hydrogens is 256 g/mol. The molecule has 1 aromatic heterocycles. The first-order chi connectivity index (χ1) is 9.08. The van der Waals surface area contributed by atoms with Crippen LogP contribution in [0.2, 0.25) is 0 Å². The molecule has 0 radical (unpaired) electrons. The number of carbonyl (C=O) groups is 1. The molecule has 0 aliphatic heterocycles. The number of hydrogen-bond donors (Lipinski definition) is 0. The maximum atomic E-state index is 13.0. The number of carbonyl (C=O) groups excluding carboxylic acids is 1. The fraction of sp³-hybridized carbons (Fsp3) is 0.231. The lowest BCUT2D eigenvalue weighted by Crippen LogP contribution is -2.05. The van der Waals surface area contributed by atoms with Crippen LogP contribution in [-0.2, 0) is 11.2 Å². The van der Waals surface area contributed by atoms with Crippen LogP contribution >= 0.6 is 0 Å². The van der Waals surface area contributed by atoms with Crippen molar-refractivity contribution >= 4 is 5.97 Å². The minimum atomic E-state index is -0.674. The Morgan fingerprint density at radius 2 is 2.00 bits per heavy atom. The fourth-order valence-corrected chi connectivity index (χ4v) is 1.58. The number of hydrogen-bond acceptors (Lipinski definition) is 4. The third kappa shape index (κ3) is 3.37. The summed E-state index contributed by atoms with van der Waals surface area (Å²) in [6, 6.07) is 3.14. The summed E-state index contributed by atoms with van der Waals surface area (Å²) in [7, 11) is 0. The minimum Gasteiger partial charge on any atom is -0.461 e. The zero-order chi connectivity index (χ0) is 13.8. The normalized spacial score (nSPS) is 10.5. The van der Waals surface area contributed by atoms with Crippen LogP contribution in [0.25, 0.3) is 0 Å². The van der Waals surface area contributed by atoms with E-state index in [-0.39, 0.29) is 24.6 Å². The molecule has 0 aliphatic carbocycles. The van der Waals surface area contributed by atoms with Crippen molar-refractivity contribution in [1.82, 2.24) is 4.98 Å². The Balaban J connectivity index is 2.13. The molecule has 4 nitrogen and oxygen atoms in total. The highest BCUT2D eigenvalue weighted by atomic mass is 19.1. The Labute approximate surface area is 108 Å². The van der Waals surface area contributed by atoms with Crippen LogP contribution in [-0.4, -0.2) is 17.6 Å². The van der Waals surface area contributed by atoms with Crippen molar-refractivity contribution in [3.63, 3.8) is 0 Å². The van der Waals surface area contributed by atoms with Crippen LogP contribution in [0, 0.1) is 11.6 Å². The third-order valence-electron chi connectivity index (χ3n) is 2.31. The van der Waals surface area contributed by atoms with E-state index in [0.717, 1.165) is 12.3 Å². The number of ether oxygens (including phenoxy) is 1. The number of esters is 1. The van der Waals surface area contributed by atoms with E-state index in [2.05, 4.69) is 4.98 Å². The van der Waals surface area contributed by atoms with E-state index >= 15 is 0 Å². The molecule has 0 saturated heterocycles. The van der Waals surface area contributed by atoms with Crippen LogP contribution in [0.15, 0.2) is 28.9 Å². The van der Waals surface area contributed by atoms with Gasteiger partial charge in [0.05, 0.1) is 6.61 Å². The quantitative estimate of drug-likeness (QED) is 0.799. The molecule has 0 atom stereocenters. The van der Waals surface area contributed by atoms with Gasteiger partial charge in [0.15, 0.2) is 11.6 Å². The Hall–Kier alpha value is -2.24. The summed E-state index contributed by atoms with van der Waals surface area (Å²) in [4.78, 5) is 15.3. The van der Waals surface area contributed by atoms with Gasteiger partial charge < -0.3 is 9.15 Å². The summed E-state index contributed by atoms with van der Waals surface area (Å²) in [5, 5.41) is 0. The monoisotopic (exact) mass is 267 g/mol. The highest BCUT2D eigenvalue weighted by Gasteiger charge is 2.13. The van der Waals surface area contributed by atoms with Crippen molar-refractivity contribution in [3.8, 4) is 0 Å². The van der Waals surface area contributed by atoms with Gasteiger partial charge in [-0.2, -0.15) is 0 Å². The molecule has 0 unspecified atom stereocenters. The predicted molar refractivity (Wildman–Crippen MR) is 61.6 cm³/mol. The average Bonchev–Trinajstić information content (AvgIpc) is 2.76. The zero-order valence-electron chi connectivity index (χ0n) is 10.2. The van der Waals surface area contributed by atoms with Crippen molar-refractivity contribution in [1.29, 1.82) is 0 Å². The Kier molecular flexibility index (Phi) is 3.89. The van der Waals surface area contributed by atoms with Gasteiger partial charge in [-0.1, -0.05) is 0 Å². The van der Waals surface area contributed by atoms with Gasteiger partial charge in [-0.3, -0.25) is 0 Å². The molecule has 0 saturated carbocycles. The first kappa shape index (κ1) is 13.2. The highest BCUT2D eigenvalue weighted by Crippen LogP contribution is 2.13. The van der Waals surface area contributed by atoms with E-state index in [1.165, 1.54) is 12.1 Å². The first-order valence-electron chi connectivity index (χ1n) is 5.65. The van der Waals surface area contributed by atoms with Crippen LogP contribution in [0.5, 0.6) is 0 Å². The van der Waals surface area contributed by atoms with E-state index in [4.69, 9.17) is 9.15 Å². The number of oxazole rings is 1. The second-order valence-corrected chi connectivity index (χ2v) is 3.80. The topological polar surface area (TPSA) is 52.3 Å². The van der Waals surface area contributed by atoms with Gasteiger partial charge in [-0.05, 0) is 24.6 Å². The maximum Gasteiger partial charge on any atom is 0.360 e. The molecule has 0 amide bonds. The second-order valence-electron chi connectivity index (χ2n) is 3.80. The Morgan fingerprint density at radius 3 is 2.63 bits per heavy atom. The number of halogens is 2. The van der Waals surface area contributed by atoms with Gasteiger partial charge in [0.2, 0.25) is 0 Å². The molecule has 0 bridgehead atoms. The van der Waals surface area contributed by atoms with E-state index in [1.807, 2.05) is 0 Å². The molecule has 100 valence electrons. The molecule has 2 aromatic rings. The number of benzene rings is 1. The number of rotatable bonds is 4. The van der Waals surface area contributed by atoms with Crippen molar-refractivity contribution in [2.24, 2.45) is 0 Å². The van der Waals surface area contributed by atoms with E-state index in [0.29, 0.717) is 5.56 Å². The lowest BCUT2D eigenvalue weighted by atomic mass is 10.1. The summed E-state index contributed by atoms with van der Waals surface area (Å²) in [5.74, 6) is -1.75. The predicted octanol–water partition coefficient (Wildman–Crippen LogP) is 2.72. The summed E-state index contributed by atoms with van der Waals surface area (Å²) in [5.41, 5.74) is 0.406. The van der Waals surface area contributed by atoms with Crippen LogP contribution in [0.4, 0.5) is 8.78 Å². The smallest absolute Gasteiger partial charge is 0.360 e. The molecule has 1 aromatic carbocycles. The standard InChI is InChI=1S/C13H11F2NO3/c1-2-18-13(17)11-7-19-12(16-11)5-8-3-9(14)6-10(15)4-8/h3-4,6-7H,2,5H2,1H3. The molecule has 2 rings (SSSR count). The lowest BCUT2D eigenvalue weighted by molar-refractivity contribution is 0.0519. The van der Waals surface area contributed by atoms with Crippen LogP contribution in [0.3, 0.4) is 0 Å². The Morgan fingerprint density at radius 1 is 1.32 bits per heavy atom. The SMILES string of the molecule is CCOC(=O)c1coc(Cc2cc(F)cc(F)c2)n1. The minimum absolute atomic E-state index is 0.0359. The molecule has 1 heterocycles. The van der Waals surface area contributed by atoms with E-state index in [1.54, 1.807) is 6.92 Å². The molecule has 0 N–H and O–H groups in total. The molecular formula is C13H11F2NO3. The number of aromatic nitrogens is 1. The summed E-state index contributed by atoms with van der Waals surface area (Å²) >= 11 is 0. The molecule has 6 heteroatoms. The lowest BCUT2D eigenvalue weighted by Gasteiger charge is -1.98. The molecule has 0 fully saturated rings. The molecule has 0 spiro atoms. The summed E-state index contributed by atoms with van der Waals surface area (Å²) in [6.45, 7) is 1.91. The summed E-state index contributed by atoms with van der Waals surface area (Å²) in [6.07, 6.45) is 1.25. The zero-order valence-corrected chi connectivity index (χ0v) is 10.2. The van der Waals surface area contributed by atoms with Crippen LogP contribution < -0.4 is 0 Å². The van der Waals surface area contributed by atoms with E-state index in [9.17, 15) is 13.6 Å². The molecule has 19 heavy (non-hydrogen) atoms. The highest BCUT2D eigenvalue weighted by molar-refractivity contribution is 5.86. The van der Waals surface area contributed by atoms with Crippen LogP contribution in [0.1, 0.15) is 28.9 Å². The maximum absolute atomic E-state index is 13.0. The van der Waals surface area contributed by atoms with Gasteiger partial charge in [0, 0.05) is 12.5 Å². The van der Waals surface area contributed by atoms with Crippen molar-refractivity contribution in [2.75, 3.05) is 6.61 Å². The van der Waals surface area contributed by atoms with Gasteiger partial charge in [0.25, 0.3) is 0 Å². The first-order valence-corrected chi connectivity index (χ1v) is 5.65. The largest absolute Gasteiger partial charge is 0.461 e. The molecule has 0 aliphatic rings. The van der Waals surface area contributed by atoms with Crippen molar-refractivity contribution < 1.29 is 22.7 Å². The van der Waals surface area contributed by atoms with Gasteiger partial charge in [0.1, 0.15) is 17.9 Å². The van der Waals surface area contributed by atoms with Crippen molar-refractivity contribution in [3.05, 3.63) is 53.2 Å². The Bertz CT molecular complexity index is 575. The third-order valence-corrected chi connectivity index (χ3v) is 2.31. The second kappa shape index (κ2) is 5.60. The van der Waals surface area contributed by atoms with Gasteiger partial charge >= 0.3 is 5.97 Å². The number of nitrogens with zero attached hydrogens (tertiary/aromatic N) is 1. The van der Waals surface area contributed by atoms with Gasteiger partial charge in [-0.25, -0.2) is 18.6 Å². The van der Waals surface area contributed by atoms with E-state index < -0.39 is 17.6 Å². The fourth-order valence-electron chi connectivity index (χ4n) is 1.58. The van der Waals surface area contributed by atoms with Crippen molar-refractivity contribution in [2.45, 2.75) is 13.3 Å². The average molecular weight is 267 g/mol. The van der Waals surface area contributed by atoms with Gasteiger partial charge in [-0.15, -0.1) is 0 Å². The summed E-state index contributed by atoms with van der Waals surface area (Å²) < 4.78 is 35.8.